The first-order valence-electron chi connectivity index (χ1n) is 5.15. The summed E-state index contributed by atoms with van der Waals surface area (Å²) in [5, 5.41) is -0.311. The molecular formula is C13H12ClFOS. The Labute approximate surface area is 109 Å². The van der Waals surface area contributed by atoms with Gasteiger partial charge in [-0.2, -0.15) is 0 Å². The van der Waals surface area contributed by atoms with E-state index in [1.807, 2.05) is 19.1 Å². The van der Waals surface area contributed by atoms with Gasteiger partial charge in [0.15, 0.2) is 11.6 Å². The molecule has 0 fully saturated rings. The van der Waals surface area contributed by atoms with Gasteiger partial charge >= 0.3 is 0 Å². The lowest BCUT2D eigenvalue weighted by atomic mass is 10.1. The summed E-state index contributed by atoms with van der Waals surface area (Å²) in [7, 11) is 1.44. The second kappa shape index (κ2) is 5.07. The van der Waals surface area contributed by atoms with E-state index in [-0.39, 0.29) is 16.9 Å². The standard InChI is InChI=1S/C13H12ClFOS/c1-8-3-6-12(17-8)13(14)9-4-5-11(16-2)10(15)7-9/h3-7,13H,1-2H3. The second-order valence-electron chi connectivity index (χ2n) is 3.70. The highest BCUT2D eigenvalue weighted by molar-refractivity contribution is 7.12. The number of benzene rings is 1. The number of thiophene rings is 1. The molecule has 0 radical (unpaired) electrons. The molecule has 0 amide bonds. The van der Waals surface area contributed by atoms with Crippen molar-refractivity contribution in [3.05, 3.63) is 51.5 Å². The highest BCUT2D eigenvalue weighted by Crippen LogP contribution is 2.34. The second-order valence-corrected chi connectivity index (χ2v) is 5.46. The van der Waals surface area contributed by atoms with Gasteiger partial charge in [-0.05, 0) is 36.8 Å². The molecular weight excluding hydrogens is 259 g/mol. The smallest absolute Gasteiger partial charge is 0.165 e. The number of hydrogen-bond acceptors (Lipinski definition) is 2. The average molecular weight is 271 g/mol. The van der Waals surface area contributed by atoms with Gasteiger partial charge in [-0.15, -0.1) is 22.9 Å². The van der Waals surface area contributed by atoms with Crippen LogP contribution in [-0.4, -0.2) is 7.11 Å². The van der Waals surface area contributed by atoms with Crippen LogP contribution in [0.4, 0.5) is 4.39 Å². The number of aryl methyl sites for hydroxylation is 1. The number of hydrogen-bond donors (Lipinski definition) is 0. The van der Waals surface area contributed by atoms with Gasteiger partial charge in [-0.1, -0.05) is 6.07 Å². The quantitative estimate of drug-likeness (QED) is 0.745. The van der Waals surface area contributed by atoms with E-state index >= 15 is 0 Å². The van der Waals surface area contributed by atoms with Crippen molar-refractivity contribution in [3.8, 4) is 5.75 Å². The number of rotatable bonds is 3. The third-order valence-electron chi connectivity index (χ3n) is 2.48. The van der Waals surface area contributed by atoms with Gasteiger partial charge in [0.2, 0.25) is 0 Å². The molecule has 0 spiro atoms. The van der Waals surface area contributed by atoms with Crippen LogP contribution in [0.25, 0.3) is 0 Å². The molecule has 2 aromatic rings. The van der Waals surface area contributed by atoms with Gasteiger partial charge in [0.05, 0.1) is 12.5 Å². The minimum atomic E-state index is -0.385. The number of halogens is 2. The molecule has 1 aromatic heterocycles. The van der Waals surface area contributed by atoms with Crippen molar-refractivity contribution in [1.29, 1.82) is 0 Å². The molecule has 2 rings (SSSR count). The highest BCUT2D eigenvalue weighted by Gasteiger charge is 2.14. The predicted octanol–water partition coefficient (Wildman–Crippen LogP) is 4.53. The molecule has 0 saturated heterocycles. The van der Waals surface area contributed by atoms with E-state index in [2.05, 4.69) is 0 Å². The van der Waals surface area contributed by atoms with Crippen LogP contribution in [-0.2, 0) is 0 Å². The topological polar surface area (TPSA) is 9.23 Å². The zero-order valence-corrected chi connectivity index (χ0v) is 11.1. The zero-order valence-electron chi connectivity index (χ0n) is 9.54. The lowest BCUT2D eigenvalue weighted by molar-refractivity contribution is 0.386. The van der Waals surface area contributed by atoms with Crippen LogP contribution in [0, 0.1) is 12.7 Å². The maximum atomic E-state index is 13.6. The molecule has 1 aromatic carbocycles. The predicted molar refractivity (Wildman–Crippen MR) is 69.7 cm³/mol. The van der Waals surface area contributed by atoms with Crippen LogP contribution in [0.1, 0.15) is 20.7 Å². The third-order valence-corrected chi connectivity index (χ3v) is 4.16. The molecule has 0 N–H and O–H groups in total. The first-order valence-corrected chi connectivity index (χ1v) is 6.41. The summed E-state index contributed by atoms with van der Waals surface area (Å²) in [4.78, 5) is 2.22. The van der Waals surface area contributed by atoms with Crippen molar-refractivity contribution in [2.75, 3.05) is 7.11 Å². The first kappa shape index (κ1) is 12.4. The number of alkyl halides is 1. The van der Waals surface area contributed by atoms with Gasteiger partial charge in [-0.3, -0.25) is 0 Å². The lowest BCUT2D eigenvalue weighted by Crippen LogP contribution is -1.94. The van der Waals surface area contributed by atoms with Gasteiger partial charge in [0.1, 0.15) is 0 Å². The fraction of sp³-hybridized carbons (Fsp3) is 0.231. The average Bonchev–Trinajstić information content (AvgIpc) is 2.75. The maximum absolute atomic E-state index is 13.6. The van der Waals surface area contributed by atoms with Gasteiger partial charge in [0, 0.05) is 9.75 Å². The Hall–Kier alpha value is -1.06. The molecule has 17 heavy (non-hydrogen) atoms. The van der Waals surface area contributed by atoms with Crippen molar-refractivity contribution in [3.63, 3.8) is 0 Å². The first-order chi connectivity index (χ1) is 8.11. The Morgan fingerprint density at radius 1 is 1.29 bits per heavy atom. The normalized spacial score (nSPS) is 12.5. The minimum absolute atomic E-state index is 0.236. The van der Waals surface area contributed by atoms with Crippen molar-refractivity contribution < 1.29 is 9.13 Å². The SMILES string of the molecule is COc1ccc(C(Cl)c2ccc(C)s2)cc1F. The maximum Gasteiger partial charge on any atom is 0.165 e. The van der Waals surface area contributed by atoms with Crippen LogP contribution in [0.3, 0.4) is 0 Å². The molecule has 90 valence electrons. The Morgan fingerprint density at radius 3 is 2.59 bits per heavy atom. The number of methoxy groups -OCH3 is 1. The molecule has 4 heteroatoms. The van der Waals surface area contributed by atoms with Crippen LogP contribution >= 0.6 is 22.9 Å². The molecule has 0 aliphatic carbocycles. The van der Waals surface area contributed by atoms with Crippen LogP contribution in [0.5, 0.6) is 5.75 Å². The van der Waals surface area contributed by atoms with Crippen LogP contribution in [0.2, 0.25) is 0 Å². The minimum Gasteiger partial charge on any atom is -0.494 e. The van der Waals surface area contributed by atoms with Gasteiger partial charge in [-0.25, -0.2) is 4.39 Å². The van der Waals surface area contributed by atoms with E-state index in [1.165, 1.54) is 18.1 Å². The summed E-state index contributed by atoms with van der Waals surface area (Å²) in [5.41, 5.74) is 0.742. The summed E-state index contributed by atoms with van der Waals surface area (Å²) in [6.45, 7) is 2.02. The van der Waals surface area contributed by atoms with Crippen molar-refractivity contribution in [2.24, 2.45) is 0 Å². The summed E-state index contributed by atoms with van der Waals surface area (Å²) in [6.07, 6.45) is 0. The molecule has 0 saturated carbocycles. The van der Waals surface area contributed by atoms with Crippen molar-refractivity contribution >= 4 is 22.9 Å². The van der Waals surface area contributed by atoms with E-state index in [9.17, 15) is 4.39 Å². The lowest BCUT2D eigenvalue weighted by Gasteiger charge is -2.09. The van der Waals surface area contributed by atoms with E-state index in [1.54, 1.807) is 23.5 Å². The molecule has 1 nitrogen and oxygen atoms in total. The summed E-state index contributed by atoms with van der Waals surface area (Å²) in [5.74, 6) is -0.149. The summed E-state index contributed by atoms with van der Waals surface area (Å²) in [6, 6.07) is 8.79. The molecule has 0 bridgehead atoms. The van der Waals surface area contributed by atoms with E-state index < -0.39 is 0 Å². The number of ether oxygens (including phenoxy) is 1. The molecule has 1 heterocycles. The fourth-order valence-electron chi connectivity index (χ4n) is 1.59. The molecule has 1 atom stereocenters. The Balaban J connectivity index is 2.31. The highest BCUT2D eigenvalue weighted by atomic mass is 35.5. The Morgan fingerprint density at radius 2 is 2.06 bits per heavy atom. The molecule has 0 aliphatic heterocycles. The van der Waals surface area contributed by atoms with E-state index in [0.29, 0.717) is 0 Å². The van der Waals surface area contributed by atoms with Gasteiger partial charge in [0.25, 0.3) is 0 Å². The largest absolute Gasteiger partial charge is 0.494 e. The van der Waals surface area contributed by atoms with Gasteiger partial charge < -0.3 is 4.74 Å². The Kier molecular flexibility index (Phi) is 3.69. The monoisotopic (exact) mass is 270 g/mol. The van der Waals surface area contributed by atoms with Crippen LogP contribution < -0.4 is 4.74 Å². The van der Waals surface area contributed by atoms with E-state index in [0.717, 1.165) is 10.4 Å². The van der Waals surface area contributed by atoms with Crippen molar-refractivity contribution in [2.45, 2.75) is 12.3 Å². The Bertz CT molecular complexity index is 524. The summed E-state index contributed by atoms with van der Waals surface area (Å²) < 4.78 is 18.4. The zero-order chi connectivity index (χ0) is 12.4. The summed E-state index contributed by atoms with van der Waals surface area (Å²) >= 11 is 7.94. The van der Waals surface area contributed by atoms with Crippen LogP contribution in [0.15, 0.2) is 30.3 Å². The van der Waals surface area contributed by atoms with Crippen molar-refractivity contribution in [1.82, 2.24) is 0 Å². The van der Waals surface area contributed by atoms with E-state index in [4.69, 9.17) is 16.3 Å². The third kappa shape index (κ3) is 2.61. The molecule has 1 unspecified atom stereocenters. The molecule has 0 aliphatic rings. The fourth-order valence-corrected chi connectivity index (χ4v) is 2.82.